The van der Waals surface area contributed by atoms with Crippen molar-refractivity contribution in [3.05, 3.63) is 54.3 Å². The van der Waals surface area contributed by atoms with Gasteiger partial charge in [0.2, 0.25) is 0 Å². The predicted octanol–water partition coefficient (Wildman–Crippen LogP) is 4.77. The molecule has 0 amide bonds. The van der Waals surface area contributed by atoms with Gasteiger partial charge in [0.1, 0.15) is 5.82 Å². The standard InChI is InChI=1S/C12H10Br2FNS/c1-6-9(14)5-11(17-6)12(16)8-4-7(13)2-3-10(8)15/h2-5,12H,16H2,1H3. The van der Waals surface area contributed by atoms with E-state index >= 15 is 0 Å². The summed E-state index contributed by atoms with van der Waals surface area (Å²) in [5, 5.41) is 0. The van der Waals surface area contributed by atoms with Crippen molar-refractivity contribution in [2.24, 2.45) is 5.73 Å². The van der Waals surface area contributed by atoms with Crippen LogP contribution in [0.3, 0.4) is 0 Å². The highest BCUT2D eigenvalue weighted by molar-refractivity contribution is 9.10. The molecule has 0 saturated heterocycles. The van der Waals surface area contributed by atoms with Gasteiger partial charge in [-0.05, 0) is 47.1 Å². The topological polar surface area (TPSA) is 26.0 Å². The second kappa shape index (κ2) is 5.18. The first-order chi connectivity index (χ1) is 7.99. The summed E-state index contributed by atoms with van der Waals surface area (Å²) in [6, 6.07) is 6.34. The molecule has 5 heteroatoms. The minimum Gasteiger partial charge on any atom is -0.320 e. The molecule has 1 nitrogen and oxygen atoms in total. The number of benzene rings is 1. The third-order valence-corrected chi connectivity index (χ3v) is 5.19. The normalized spacial score (nSPS) is 12.8. The molecule has 17 heavy (non-hydrogen) atoms. The van der Waals surface area contributed by atoms with Gasteiger partial charge in [0.25, 0.3) is 0 Å². The van der Waals surface area contributed by atoms with Crippen molar-refractivity contribution in [2.45, 2.75) is 13.0 Å². The minimum absolute atomic E-state index is 0.275. The first-order valence-corrected chi connectivity index (χ1v) is 7.35. The van der Waals surface area contributed by atoms with Crippen LogP contribution in [0.1, 0.15) is 21.4 Å². The molecule has 2 rings (SSSR count). The lowest BCUT2D eigenvalue weighted by Crippen LogP contribution is -2.12. The highest BCUT2D eigenvalue weighted by Crippen LogP contribution is 2.33. The zero-order valence-electron chi connectivity index (χ0n) is 9.01. The van der Waals surface area contributed by atoms with Gasteiger partial charge in [0, 0.05) is 24.3 Å². The maximum Gasteiger partial charge on any atom is 0.128 e. The fourth-order valence-electron chi connectivity index (χ4n) is 1.54. The van der Waals surface area contributed by atoms with Crippen LogP contribution in [0.4, 0.5) is 4.39 Å². The largest absolute Gasteiger partial charge is 0.320 e. The summed E-state index contributed by atoms with van der Waals surface area (Å²) < 4.78 is 15.6. The number of thiophene rings is 1. The van der Waals surface area contributed by atoms with Crippen LogP contribution in [-0.4, -0.2) is 0 Å². The van der Waals surface area contributed by atoms with Crippen LogP contribution in [-0.2, 0) is 0 Å². The van der Waals surface area contributed by atoms with Crippen molar-refractivity contribution in [1.29, 1.82) is 0 Å². The van der Waals surface area contributed by atoms with E-state index in [1.165, 1.54) is 6.07 Å². The Bertz CT molecular complexity index is 534. The molecule has 1 atom stereocenters. The SMILES string of the molecule is Cc1sc(C(N)c2cc(Br)ccc2F)cc1Br. The molecule has 0 saturated carbocycles. The molecule has 90 valence electrons. The Morgan fingerprint density at radius 1 is 1.29 bits per heavy atom. The summed E-state index contributed by atoms with van der Waals surface area (Å²) in [4.78, 5) is 2.09. The first-order valence-electron chi connectivity index (χ1n) is 4.95. The van der Waals surface area contributed by atoms with Crippen LogP contribution in [0.15, 0.2) is 33.2 Å². The number of hydrogen-bond donors (Lipinski definition) is 1. The summed E-state index contributed by atoms with van der Waals surface area (Å²) in [6.07, 6.45) is 0. The highest BCUT2D eigenvalue weighted by Gasteiger charge is 2.17. The van der Waals surface area contributed by atoms with E-state index in [-0.39, 0.29) is 5.82 Å². The summed E-state index contributed by atoms with van der Waals surface area (Å²) in [6.45, 7) is 2.00. The molecule has 0 aliphatic rings. The van der Waals surface area contributed by atoms with E-state index in [1.807, 2.05) is 13.0 Å². The van der Waals surface area contributed by atoms with Gasteiger partial charge < -0.3 is 5.73 Å². The number of nitrogens with two attached hydrogens (primary N) is 1. The van der Waals surface area contributed by atoms with E-state index in [0.29, 0.717) is 5.56 Å². The molecule has 1 aromatic carbocycles. The van der Waals surface area contributed by atoms with Crippen LogP contribution in [0.5, 0.6) is 0 Å². The second-order valence-corrected chi connectivity index (χ2v) is 6.75. The van der Waals surface area contributed by atoms with Crippen molar-refractivity contribution >= 4 is 43.2 Å². The van der Waals surface area contributed by atoms with E-state index in [1.54, 1.807) is 23.5 Å². The second-order valence-electron chi connectivity index (χ2n) is 3.70. The van der Waals surface area contributed by atoms with Crippen LogP contribution in [0, 0.1) is 12.7 Å². The molecule has 2 N–H and O–H groups in total. The van der Waals surface area contributed by atoms with Crippen LogP contribution in [0.2, 0.25) is 0 Å². The van der Waals surface area contributed by atoms with Crippen LogP contribution < -0.4 is 5.73 Å². The van der Waals surface area contributed by atoms with E-state index < -0.39 is 6.04 Å². The smallest absolute Gasteiger partial charge is 0.128 e. The van der Waals surface area contributed by atoms with E-state index in [2.05, 4.69) is 31.9 Å². The Morgan fingerprint density at radius 3 is 2.59 bits per heavy atom. The third kappa shape index (κ3) is 2.78. The Hall–Kier alpha value is -0.230. The Balaban J connectivity index is 2.42. The van der Waals surface area contributed by atoms with Crippen molar-refractivity contribution in [3.63, 3.8) is 0 Å². The molecule has 0 aliphatic carbocycles. The molecule has 0 bridgehead atoms. The lowest BCUT2D eigenvalue weighted by molar-refractivity contribution is 0.600. The first kappa shape index (κ1) is 13.2. The Morgan fingerprint density at radius 2 is 2.00 bits per heavy atom. The fraction of sp³-hybridized carbons (Fsp3) is 0.167. The minimum atomic E-state index is -0.428. The molecular formula is C12H10Br2FNS. The monoisotopic (exact) mass is 377 g/mol. The molecular weight excluding hydrogens is 369 g/mol. The fourth-order valence-corrected chi connectivity index (χ4v) is 3.50. The van der Waals surface area contributed by atoms with Crippen molar-refractivity contribution < 1.29 is 4.39 Å². The maximum atomic E-state index is 13.7. The quantitative estimate of drug-likeness (QED) is 0.800. The zero-order valence-corrected chi connectivity index (χ0v) is 13.0. The van der Waals surface area contributed by atoms with Crippen molar-refractivity contribution in [2.75, 3.05) is 0 Å². The van der Waals surface area contributed by atoms with E-state index in [4.69, 9.17) is 5.73 Å². The number of halogens is 3. The molecule has 0 radical (unpaired) electrons. The van der Waals surface area contributed by atoms with Crippen molar-refractivity contribution in [1.82, 2.24) is 0 Å². The van der Waals surface area contributed by atoms with Gasteiger partial charge in [-0.25, -0.2) is 4.39 Å². The summed E-state index contributed by atoms with van der Waals surface area (Å²) in [5.41, 5.74) is 6.60. The molecule has 2 aromatic rings. The van der Waals surface area contributed by atoms with E-state index in [0.717, 1.165) is 18.7 Å². The summed E-state index contributed by atoms with van der Waals surface area (Å²) in [5.74, 6) is -0.275. The lowest BCUT2D eigenvalue weighted by Gasteiger charge is -2.11. The van der Waals surface area contributed by atoms with Gasteiger partial charge >= 0.3 is 0 Å². The molecule has 1 unspecified atom stereocenters. The van der Waals surface area contributed by atoms with E-state index in [9.17, 15) is 4.39 Å². The highest BCUT2D eigenvalue weighted by atomic mass is 79.9. The van der Waals surface area contributed by atoms with Gasteiger partial charge in [-0.3, -0.25) is 0 Å². The lowest BCUT2D eigenvalue weighted by atomic mass is 10.1. The third-order valence-electron chi connectivity index (χ3n) is 2.48. The molecule has 0 aliphatic heterocycles. The Labute approximate surface area is 120 Å². The average Bonchev–Trinajstić information content (AvgIpc) is 2.62. The number of hydrogen-bond acceptors (Lipinski definition) is 2. The van der Waals surface area contributed by atoms with Gasteiger partial charge in [0.05, 0.1) is 6.04 Å². The van der Waals surface area contributed by atoms with Crippen LogP contribution in [0.25, 0.3) is 0 Å². The number of rotatable bonds is 2. The van der Waals surface area contributed by atoms with Gasteiger partial charge in [-0.2, -0.15) is 0 Å². The Kier molecular flexibility index (Phi) is 4.02. The maximum absolute atomic E-state index is 13.7. The predicted molar refractivity (Wildman–Crippen MR) is 76.9 cm³/mol. The summed E-state index contributed by atoms with van der Waals surface area (Å²) in [7, 11) is 0. The van der Waals surface area contributed by atoms with Crippen LogP contribution >= 0.6 is 43.2 Å². The molecule has 1 aromatic heterocycles. The molecule has 0 fully saturated rings. The summed E-state index contributed by atoms with van der Waals surface area (Å²) >= 11 is 8.35. The average molecular weight is 379 g/mol. The van der Waals surface area contributed by atoms with Crippen molar-refractivity contribution in [3.8, 4) is 0 Å². The molecule has 1 heterocycles. The number of aryl methyl sites for hydroxylation is 1. The van der Waals surface area contributed by atoms with Gasteiger partial charge in [-0.1, -0.05) is 15.9 Å². The molecule has 0 spiro atoms. The van der Waals surface area contributed by atoms with Gasteiger partial charge in [-0.15, -0.1) is 11.3 Å². The van der Waals surface area contributed by atoms with Gasteiger partial charge in [0.15, 0.2) is 0 Å². The zero-order chi connectivity index (χ0) is 12.6.